The number of ether oxygens (including phenoxy) is 1. The van der Waals surface area contributed by atoms with E-state index in [1.807, 2.05) is 48.5 Å². The number of rotatable bonds is 4. The van der Waals surface area contributed by atoms with Crippen LogP contribution in [0.2, 0.25) is 0 Å². The molecule has 1 heterocycles. The lowest BCUT2D eigenvalue weighted by atomic mass is 9.98. The van der Waals surface area contributed by atoms with Crippen molar-refractivity contribution in [3.05, 3.63) is 71.3 Å². The Hall–Kier alpha value is -3.94. The van der Waals surface area contributed by atoms with Crippen LogP contribution in [0.4, 0.5) is 4.79 Å². The topological polar surface area (TPSA) is 118 Å². The molecular weight excluding hydrogens is 366 g/mol. The second kappa shape index (κ2) is 6.66. The largest absolute Gasteiger partial charge is 0.531 e. The van der Waals surface area contributed by atoms with Crippen molar-refractivity contribution >= 4 is 12.1 Å². The smallest absolute Gasteiger partial charge is 0.492 e. The van der Waals surface area contributed by atoms with Crippen molar-refractivity contribution in [2.75, 3.05) is 6.61 Å². The van der Waals surface area contributed by atoms with E-state index in [0.717, 1.165) is 28.3 Å². The number of fused-ring (bicyclic) bond motifs is 3. The monoisotopic (exact) mass is 381 g/mol. The molecule has 8 heteroatoms. The van der Waals surface area contributed by atoms with Gasteiger partial charge in [0.2, 0.25) is 11.8 Å². The van der Waals surface area contributed by atoms with E-state index in [1.54, 1.807) is 0 Å². The molecule has 3 N–H and O–H groups in total. The van der Waals surface area contributed by atoms with E-state index in [9.17, 15) is 19.8 Å². The summed E-state index contributed by atoms with van der Waals surface area (Å²) in [5.74, 6) is -2.70. The summed E-state index contributed by atoms with van der Waals surface area (Å²) in [4.78, 5) is 27.2. The first-order valence-electron chi connectivity index (χ1n) is 8.37. The van der Waals surface area contributed by atoms with Crippen molar-refractivity contribution < 1.29 is 34.5 Å². The Balaban J connectivity index is 1.57. The van der Waals surface area contributed by atoms with E-state index in [4.69, 9.17) is 9.84 Å². The van der Waals surface area contributed by atoms with Crippen LogP contribution < -0.4 is 4.84 Å². The third-order valence-corrected chi connectivity index (χ3v) is 4.65. The summed E-state index contributed by atoms with van der Waals surface area (Å²) >= 11 is 0. The molecule has 8 nitrogen and oxygen atoms in total. The van der Waals surface area contributed by atoms with Gasteiger partial charge < -0.3 is 20.1 Å². The number of aromatic hydroxyl groups is 2. The molecule has 4 rings (SSSR count). The molecule has 0 atom stereocenters. The van der Waals surface area contributed by atoms with Gasteiger partial charge in [-0.3, -0.25) is 4.84 Å². The van der Waals surface area contributed by atoms with Crippen molar-refractivity contribution in [1.82, 2.24) is 4.73 Å². The molecule has 28 heavy (non-hydrogen) atoms. The number of esters is 1. The molecule has 0 fully saturated rings. The van der Waals surface area contributed by atoms with Crippen LogP contribution in [0.1, 0.15) is 27.4 Å². The van der Waals surface area contributed by atoms with Crippen LogP contribution in [0.5, 0.6) is 11.8 Å². The van der Waals surface area contributed by atoms with Crippen LogP contribution in [-0.2, 0) is 4.74 Å². The minimum atomic E-state index is -1.76. The number of hydrogen-bond acceptors (Lipinski definition) is 6. The molecule has 0 unspecified atom stereocenters. The zero-order valence-electron chi connectivity index (χ0n) is 14.4. The van der Waals surface area contributed by atoms with Crippen molar-refractivity contribution in [3.63, 3.8) is 0 Å². The first-order valence-corrected chi connectivity index (χ1v) is 8.37. The van der Waals surface area contributed by atoms with E-state index in [1.165, 1.54) is 0 Å². The molecule has 3 aromatic rings. The van der Waals surface area contributed by atoms with Gasteiger partial charge in [-0.2, -0.15) is 0 Å². The molecule has 0 spiro atoms. The molecule has 0 aliphatic heterocycles. The summed E-state index contributed by atoms with van der Waals surface area (Å²) in [6, 6.07) is 16.5. The number of carboxylic acid groups (broad SMARTS) is 1. The highest BCUT2D eigenvalue weighted by Crippen LogP contribution is 2.44. The Morgan fingerprint density at radius 1 is 0.964 bits per heavy atom. The SMILES string of the molecule is O=C(O)On1c(O)cc(C(=O)OCC2c3ccccc3-c3ccccc32)c1O. The molecule has 142 valence electrons. The lowest BCUT2D eigenvalue weighted by Crippen LogP contribution is -2.17. The van der Waals surface area contributed by atoms with Gasteiger partial charge in [0.1, 0.15) is 12.2 Å². The molecule has 1 aromatic heterocycles. The second-order valence-electron chi connectivity index (χ2n) is 6.22. The minimum absolute atomic E-state index is 0.0119. The molecule has 0 saturated carbocycles. The summed E-state index contributed by atoms with van der Waals surface area (Å²) in [7, 11) is 0. The van der Waals surface area contributed by atoms with Gasteiger partial charge in [-0.25, -0.2) is 9.59 Å². The van der Waals surface area contributed by atoms with Gasteiger partial charge in [-0.05, 0) is 22.3 Å². The first-order chi connectivity index (χ1) is 13.5. The van der Waals surface area contributed by atoms with Crippen LogP contribution in [0.25, 0.3) is 11.1 Å². The van der Waals surface area contributed by atoms with Crippen LogP contribution >= 0.6 is 0 Å². The van der Waals surface area contributed by atoms with Gasteiger partial charge in [0.25, 0.3) is 0 Å². The summed E-state index contributed by atoms with van der Waals surface area (Å²) in [6.07, 6.45) is -1.76. The number of aromatic nitrogens is 1. The fourth-order valence-electron chi connectivity index (χ4n) is 3.46. The average Bonchev–Trinajstić information content (AvgIpc) is 3.15. The van der Waals surface area contributed by atoms with Gasteiger partial charge in [-0.15, -0.1) is 4.73 Å². The van der Waals surface area contributed by atoms with Crippen molar-refractivity contribution in [1.29, 1.82) is 0 Å². The first kappa shape index (κ1) is 17.5. The van der Waals surface area contributed by atoms with Crippen molar-refractivity contribution in [3.8, 4) is 22.9 Å². The van der Waals surface area contributed by atoms with Crippen LogP contribution in [0.15, 0.2) is 54.6 Å². The maximum absolute atomic E-state index is 12.4. The Kier molecular flexibility index (Phi) is 4.15. The van der Waals surface area contributed by atoms with Crippen LogP contribution in [0, 0.1) is 0 Å². The quantitative estimate of drug-likeness (QED) is 0.595. The molecule has 0 bridgehead atoms. The maximum Gasteiger partial charge on any atom is 0.531 e. The number of hydrogen-bond donors (Lipinski definition) is 3. The van der Waals surface area contributed by atoms with E-state index in [-0.39, 0.29) is 17.3 Å². The predicted molar refractivity (Wildman–Crippen MR) is 96.4 cm³/mol. The van der Waals surface area contributed by atoms with Crippen LogP contribution in [0.3, 0.4) is 0 Å². The predicted octanol–water partition coefficient (Wildman–Crippen LogP) is 2.98. The maximum atomic E-state index is 12.4. The zero-order chi connectivity index (χ0) is 19.8. The minimum Gasteiger partial charge on any atom is -0.492 e. The second-order valence-corrected chi connectivity index (χ2v) is 6.22. The van der Waals surface area contributed by atoms with Gasteiger partial charge >= 0.3 is 12.1 Å². The summed E-state index contributed by atoms with van der Waals surface area (Å²) in [5, 5.41) is 28.2. The fourth-order valence-corrected chi connectivity index (χ4v) is 3.46. The number of nitrogens with zero attached hydrogens (tertiary/aromatic N) is 1. The number of benzene rings is 2. The fraction of sp³-hybridized carbons (Fsp3) is 0.100. The summed E-state index contributed by atoms with van der Waals surface area (Å²) < 4.78 is 5.57. The Morgan fingerprint density at radius 3 is 2.11 bits per heavy atom. The summed E-state index contributed by atoms with van der Waals surface area (Å²) in [6.45, 7) is 0.0119. The highest BCUT2D eigenvalue weighted by atomic mass is 16.8. The van der Waals surface area contributed by atoms with Gasteiger partial charge in [0.15, 0.2) is 0 Å². The molecular formula is C20H15NO7. The van der Waals surface area contributed by atoms with Gasteiger partial charge in [0, 0.05) is 12.0 Å². The molecule has 2 aromatic carbocycles. The van der Waals surface area contributed by atoms with E-state index >= 15 is 0 Å². The lowest BCUT2D eigenvalue weighted by molar-refractivity contribution is 0.0472. The zero-order valence-corrected chi connectivity index (χ0v) is 14.4. The lowest BCUT2D eigenvalue weighted by Gasteiger charge is -2.14. The van der Waals surface area contributed by atoms with Crippen LogP contribution in [-0.4, -0.2) is 38.8 Å². The average molecular weight is 381 g/mol. The molecule has 0 saturated heterocycles. The van der Waals surface area contributed by atoms with Crippen molar-refractivity contribution in [2.24, 2.45) is 0 Å². The van der Waals surface area contributed by atoms with E-state index in [2.05, 4.69) is 4.84 Å². The molecule has 1 aliphatic rings. The van der Waals surface area contributed by atoms with E-state index < -0.39 is 29.4 Å². The van der Waals surface area contributed by atoms with E-state index in [0.29, 0.717) is 0 Å². The Labute approximate surface area is 158 Å². The molecule has 0 amide bonds. The highest BCUT2D eigenvalue weighted by Gasteiger charge is 2.30. The van der Waals surface area contributed by atoms with Gasteiger partial charge in [0.05, 0.1) is 0 Å². The Bertz CT molecular complexity index is 1040. The third-order valence-electron chi connectivity index (χ3n) is 4.65. The molecule has 0 radical (unpaired) electrons. The Morgan fingerprint density at radius 2 is 1.54 bits per heavy atom. The van der Waals surface area contributed by atoms with Gasteiger partial charge in [-0.1, -0.05) is 48.5 Å². The third kappa shape index (κ3) is 2.81. The summed E-state index contributed by atoms with van der Waals surface area (Å²) in [5.41, 5.74) is 3.78. The normalized spacial score (nSPS) is 12.3. The highest BCUT2D eigenvalue weighted by molar-refractivity contribution is 5.93. The number of carbonyl (C=O) groups excluding carboxylic acids is 1. The molecule has 1 aliphatic carbocycles. The number of carbonyl (C=O) groups is 2. The standard InChI is InChI=1S/C20H15NO7/c22-17-9-15(18(23)21(17)28-20(25)26)19(24)27-10-16-13-7-3-1-5-11(13)12-6-2-4-8-14(12)16/h1-9,16,22-23H,10H2,(H,25,26). The van der Waals surface area contributed by atoms with Crippen molar-refractivity contribution in [2.45, 2.75) is 5.92 Å².